The molecule has 7 heteroatoms. The number of phenols is 1. The fourth-order valence-corrected chi connectivity index (χ4v) is 2.19. The lowest BCUT2D eigenvalue weighted by Gasteiger charge is -2.13. The van der Waals surface area contributed by atoms with E-state index in [1.165, 1.54) is 12.3 Å². The molecule has 0 aliphatic heterocycles. The number of aromatic hydroxyl groups is 1. The Bertz CT molecular complexity index is 791. The van der Waals surface area contributed by atoms with Crippen LogP contribution in [0.2, 0.25) is 0 Å². The van der Waals surface area contributed by atoms with Crippen molar-refractivity contribution >= 4 is 18.0 Å². The highest BCUT2D eigenvalue weighted by molar-refractivity contribution is 6.35. The number of hydrogen-bond donors (Lipinski definition) is 3. The van der Waals surface area contributed by atoms with Crippen LogP contribution < -0.4 is 15.5 Å². The molecular weight excluding hydrogens is 334 g/mol. The van der Waals surface area contributed by atoms with E-state index in [2.05, 4.69) is 15.8 Å². The van der Waals surface area contributed by atoms with Crippen LogP contribution in [-0.4, -0.2) is 29.7 Å². The first-order chi connectivity index (χ1) is 12.5. The van der Waals surface area contributed by atoms with Crippen LogP contribution in [0.25, 0.3) is 0 Å². The smallest absolute Gasteiger partial charge is 0.329 e. The Balaban J connectivity index is 1.90. The number of nitrogens with one attached hydrogen (secondary N) is 2. The summed E-state index contributed by atoms with van der Waals surface area (Å²) in [4.78, 5) is 23.7. The lowest BCUT2D eigenvalue weighted by molar-refractivity contribution is -0.139. The summed E-state index contributed by atoms with van der Waals surface area (Å²) in [5.74, 6) is -1.31. The van der Waals surface area contributed by atoms with Gasteiger partial charge >= 0.3 is 11.8 Å². The zero-order valence-electron chi connectivity index (χ0n) is 14.6. The summed E-state index contributed by atoms with van der Waals surface area (Å²) in [6.07, 6.45) is 1.35. The van der Waals surface area contributed by atoms with Crippen LogP contribution >= 0.6 is 0 Å². The number of carbonyl (C=O) groups excluding carboxylic acids is 2. The van der Waals surface area contributed by atoms with Gasteiger partial charge in [-0.25, -0.2) is 5.43 Å². The van der Waals surface area contributed by atoms with Crippen LogP contribution in [0.15, 0.2) is 53.6 Å². The second-order valence-corrected chi connectivity index (χ2v) is 5.47. The fraction of sp³-hybridized carbons (Fsp3) is 0.211. The Kier molecular flexibility index (Phi) is 6.73. The highest BCUT2D eigenvalue weighted by Gasteiger charge is 2.16. The minimum absolute atomic E-state index is 0.0160. The highest BCUT2D eigenvalue weighted by Crippen LogP contribution is 2.26. The second kappa shape index (κ2) is 9.22. The normalized spacial score (nSPS) is 11.8. The average molecular weight is 355 g/mol. The maximum atomic E-state index is 11.9. The van der Waals surface area contributed by atoms with Gasteiger partial charge < -0.3 is 15.2 Å². The van der Waals surface area contributed by atoms with Crippen LogP contribution in [0.4, 0.5) is 0 Å². The third-order valence-corrected chi connectivity index (χ3v) is 3.52. The molecule has 0 fully saturated rings. The summed E-state index contributed by atoms with van der Waals surface area (Å²) in [6.45, 7) is 4.00. The maximum Gasteiger partial charge on any atom is 0.329 e. The molecule has 1 atom stereocenters. The van der Waals surface area contributed by atoms with E-state index in [0.29, 0.717) is 17.9 Å². The SMILES string of the molecule is CCOc1cc(/C=N/NC(=O)C(=O)N[C@H](C)c2ccccc2)ccc1O. The molecule has 2 aromatic rings. The number of rotatable bonds is 6. The number of amides is 2. The van der Waals surface area contributed by atoms with E-state index in [1.807, 2.05) is 30.3 Å². The lowest BCUT2D eigenvalue weighted by Crippen LogP contribution is -2.39. The Morgan fingerprint density at radius 2 is 1.92 bits per heavy atom. The van der Waals surface area contributed by atoms with Crippen LogP contribution in [0, 0.1) is 0 Å². The first kappa shape index (κ1) is 19.0. The summed E-state index contributed by atoms with van der Waals surface area (Å²) < 4.78 is 5.27. The monoisotopic (exact) mass is 355 g/mol. The summed E-state index contributed by atoms with van der Waals surface area (Å²) in [5.41, 5.74) is 3.66. The van der Waals surface area contributed by atoms with Crippen molar-refractivity contribution in [1.29, 1.82) is 0 Å². The van der Waals surface area contributed by atoms with E-state index in [0.717, 1.165) is 5.56 Å². The van der Waals surface area contributed by atoms with Crippen molar-refractivity contribution in [3.8, 4) is 11.5 Å². The summed E-state index contributed by atoms with van der Waals surface area (Å²) in [6, 6.07) is 13.7. The van der Waals surface area contributed by atoms with Gasteiger partial charge in [-0.3, -0.25) is 9.59 Å². The van der Waals surface area contributed by atoms with Crippen LogP contribution in [0.1, 0.15) is 31.0 Å². The van der Waals surface area contributed by atoms with E-state index < -0.39 is 11.8 Å². The standard InChI is InChI=1S/C19H21N3O4/c1-3-26-17-11-14(9-10-16(17)23)12-20-22-19(25)18(24)21-13(2)15-7-5-4-6-8-15/h4-13,23H,3H2,1-2H3,(H,21,24)(H,22,25)/b20-12+/t13-/m1/s1. The van der Waals surface area contributed by atoms with Crippen LogP contribution in [-0.2, 0) is 9.59 Å². The Labute approximate surface area is 151 Å². The molecule has 0 unspecified atom stereocenters. The zero-order valence-corrected chi connectivity index (χ0v) is 14.6. The van der Waals surface area contributed by atoms with E-state index in [-0.39, 0.29) is 11.8 Å². The van der Waals surface area contributed by atoms with Gasteiger partial charge in [-0.1, -0.05) is 30.3 Å². The van der Waals surface area contributed by atoms with Crippen molar-refractivity contribution in [2.45, 2.75) is 19.9 Å². The van der Waals surface area contributed by atoms with Crippen molar-refractivity contribution in [2.75, 3.05) is 6.61 Å². The van der Waals surface area contributed by atoms with Crippen LogP contribution in [0.3, 0.4) is 0 Å². The summed E-state index contributed by atoms with van der Waals surface area (Å²) in [5, 5.41) is 16.0. The first-order valence-corrected chi connectivity index (χ1v) is 8.16. The molecule has 2 aromatic carbocycles. The van der Waals surface area contributed by atoms with E-state index in [4.69, 9.17) is 4.74 Å². The molecule has 0 aromatic heterocycles. The number of hydrogen-bond acceptors (Lipinski definition) is 5. The molecule has 26 heavy (non-hydrogen) atoms. The first-order valence-electron chi connectivity index (χ1n) is 8.16. The molecule has 0 saturated heterocycles. The number of carbonyl (C=O) groups is 2. The molecule has 0 aliphatic carbocycles. The maximum absolute atomic E-state index is 11.9. The quantitative estimate of drug-likeness (QED) is 0.420. The van der Waals surface area contributed by atoms with Gasteiger partial charge in [0.05, 0.1) is 18.9 Å². The third-order valence-electron chi connectivity index (χ3n) is 3.52. The molecule has 7 nitrogen and oxygen atoms in total. The molecule has 136 valence electrons. The van der Waals surface area contributed by atoms with Crippen molar-refractivity contribution in [1.82, 2.24) is 10.7 Å². The van der Waals surface area contributed by atoms with Crippen molar-refractivity contribution in [3.63, 3.8) is 0 Å². The molecular formula is C19H21N3O4. The number of phenolic OH excluding ortho intramolecular Hbond substituents is 1. The lowest BCUT2D eigenvalue weighted by atomic mass is 10.1. The summed E-state index contributed by atoms with van der Waals surface area (Å²) >= 11 is 0. The molecule has 0 spiro atoms. The van der Waals surface area contributed by atoms with Gasteiger partial charge in [0.1, 0.15) is 0 Å². The minimum Gasteiger partial charge on any atom is -0.504 e. The number of ether oxygens (including phenoxy) is 1. The molecule has 0 heterocycles. The van der Waals surface area contributed by atoms with E-state index >= 15 is 0 Å². The van der Waals surface area contributed by atoms with Crippen molar-refractivity contribution in [3.05, 3.63) is 59.7 Å². The zero-order chi connectivity index (χ0) is 18.9. The minimum atomic E-state index is -0.868. The average Bonchev–Trinajstić information content (AvgIpc) is 2.65. The van der Waals surface area contributed by atoms with Crippen LogP contribution in [0.5, 0.6) is 11.5 Å². The molecule has 0 bridgehead atoms. The predicted molar refractivity (Wildman–Crippen MR) is 98.0 cm³/mol. The fourth-order valence-electron chi connectivity index (χ4n) is 2.19. The number of benzene rings is 2. The Morgan fingerprint density at radius 1 is 1.19 bits per heavy atom. The Hall–Kier alpha value is -3.35. The largest absolute Gasteiger partial charge is 0.504 e. The summed E-state index contributed by atoms with van der Waals surface area (Å²) in [7, 11) is 0. The van der Waals surface area contributed by atoms with Gasteiger partial charge in [-0.2, -0.15) is 5.10 Å². The highest BCUT2D eigenvalue weighted by atomic mass is 16.5. The second-order valence-electron chi connectivity index (χ2n) is 5.47. The topological polar surface area (TPSA) is 100 Å². The van der Waals surface area contributed by atoms with E-state index in [9.17, 15) is 14.7 Å². The molecule has 0 saturated carbocycles. The van der Waals surface area contributed by atoms with E-state index in [1.54, 1.807) is 26.0 Å². The van der Waals surface area contributed by atoms with Gasteiger partial charge in [0, 0.05) is 0 Å². The number of nitrogens with zero attached hydrogens (tertiary/aromatic N) is 1. The molecule has 2 amide bonds. The van der Waals surface area contributed by atoms with Gasteiger partial charge in [0.2, 0.25) is 0 Å². The number of hydrazone groups is 1. The third kappa shape index (κ3) is 5.34. The molecule has 2 rings (SSSR count). The molecule has 0 aliphatic rings. The predicted octanol–water partition coefficient (Wildman–Crippen LogP) is 2.12. The van der Waals surface area contributed by atoms with Crippen molar-refractivity contribution in [2.24, 2.45) is 5.10 Å². The molecule has 3 N–H and O–H groups in total. The van der Waals surface area contributed by atoms with Gasteiger partial charge in [-0.05, 0) is 43.2 Å². The van der Waals surface area contributed by atoms with Gasteiger partial charge in [0.15, 0.2) is 11.5 Å². The van der Waals surface area contributed by atoms with Gasteiger partial charge in [0.25, 0.3) is 0 Å². The van der Waals surface area contributed by atoms with Gasteiger partial charge in [-0.15, -0.1) is 0 Å². The van der Waals surface area contributed by atoms with Crippen molar-refractivity contribution < 1.29 is 19.4 Å². The Morgan fingerprint density at radius 3 is 2.62 bits per heavy atom. The molecule has 0 radical (unpaired) electrons.